The molecule has 0 bridgehead atoms. The number of oxazole rings is 1. The van der Waals surface area contributed by atoms with Gasteiger partial charge >= 0.3 is 5.76 Å². The van der Waals surface area contributed by atoms with Crippen molar-refractivity contribution in [3.63, 3.8) is 0 Å². The summed E-state index contributed by atoms with van der Waals surface area (Å²) < 4.78 is 6.80. The van der Waals surface area contributed by atoms with Gasteiger partial charge in [-0.1, -0.05) is 18.2 Å². The number of likely N-dealkylation sites (tertiary alicyclic amines) is 1. The standard InChI is InChI=1S/C23H23N5O3S/c1-15-14-24-22(32-15)26-20-10-4-6-16(25-20)17-8-5-12-27(17)21(29)11-13-28-18-7-2-3-9-19(18)31-23(28)30/h2-4,6-7,9-10,14,17H,5,8,11-13H2,1H3,(H,24,25,26)/t17-/m1/s1. The van der Waals surface area contributed by atoms with E-state index in [1.54, 1.807) is 17.4 Å². The molecule has 1 N–H and O–H groups in total. The molecule has 1 saturated heterocycles. The van der Waals surface area contributed by atoms with Gasteiger partial charge in [0.05, 0.1) is 17.3 Å². The third-order valence-electron chi connectivity index (χ3n) is 5.66. The Balaban J connectivity index is 1.30. The van der Waals surface area contributed by atoms with Crippen molar-refractivity contribution in [1.82, 2.24) is 19.4 Å². The topological polar surface area (TPSA) is 93.3 Å². The van der Waals surface area contributed by atoms with Crippen LogP contribution >= 0.6 is 11.3 Å². The normalized spacial score (nSPS) is 16.0. The summed E-state index contributed by atoms with van der Waals surface area (Å²) in [5.41, 5.74) is 2.11. The second-order valence-electron chi connectivity index (χ2n) is 7.83. The van der Waals surface area contributed by atoms with Crippen LogP contribution in [0.2, 0.25) is 0 Å². The fourth-order valence-electron chi connectivity index (χ4n) is 4.18. The van der Waals surface area contributed by atoms with Crippen molar-refractivity contribution in [3.05, 3.63) is 69.8 Å². The van der Waals surface area contributed by atoms with Crippen molar-refractivity contribution in [2.75, 3.05) is 11.9 Å². The zero-order valence-electron chi connectivity index (χ0n) is 17.7. The summed E-state index contributed by atoms with van der Waals surface area (Å²) in [5.74, 6) is 0.294. The predicted octanol–water partition coefficient (Wildman–Crippen LogP) is 4.25. The number of hydrogen-bond acceptors (Lipinski definition) is 7. The fraction of sp³-hybridized carbons (Fsp3) is 0.304. The number of carbonyl (C=O) groups is 1. The third kappa shape index (κ3) is 4.03. The molecule has 0 unspecified atom stereocenters. The molecule has 1 aliphatic rings. The molecule has 8 nitrogen and oxygen atoms in total. The van der Waals surface area contributed by atoms with Gasteiger partial charge in [-0.15, -0.1) is 11.3 Å². The molecule has 1 aliphatic heterocycles. The Morgan fingerprint density at radius 2 is 2.12 bits per heavy atom. The fourth-order valence-corrected chi connectivity index (χ4v) is 4.85. The number of fused-ring (bicyclic) bond motifs is 1. The molecule has 0 spiro atoms. The van der Waals surface area contributed by atoms with Crippen LogP contribution in [-0.4, -0.2) is 31.9 Å². The van der Waals surface area contributed by atoms with Crippen LogP contribution in [0.3, 0.4) is 0 Å². The molecule has 1 aromatic carbocycles. The molecule has 0 saturated carbocycles. The molecular formula is C23H23N5O3S. The summed E-state index contributed by atoms with van der Waals surface area (Å²) in [6, 6.07) is 13.0. The van der Waals surface area contributed by atoms with Crippen LogP contribution < -0.4 is 11.1 Å². The first-order valence-corrected chi connectivity index (χ1v) is 11.4. The zero-order chi connectivity index (χ0) is 22.1. The third-order valence-corrected chi connectivity index (χ3v) is 6.49. The Bertz CT molecular complexity index is 1320. The maximum atomic E-state index is 13.1. The summed E-state index contributed by atoms with van der Waals surface area (Å²) in [6.07, 6.45) is 3.85. The highest BCUT2D eigenvalue weighted by atomic mass is 32.1. The molecule has 9 heteroatoms. The van der Waals surface area contributed by atoms with Crippen molar-refractivity contribution in [1.29, 1.82) is 0 Å². The highest BCUT2D eigenvalue weighted by Crippen LogP contribution is 2.32. The number of thiazole rings is 1. The predicted molar refractivity (Wildman–Crippen MR) is 123 cm³/mol. The Kier molecular flexibility index (Phi) is 5.48. The Labute approximate surface area is 188 Å². The van der Waals surface area contributed by atoms with Crippen molar-refractivity contribution < 1.29 is 9.21 Å². The minimum absolute atomic E-state index is 0.0143. The van der Waals surface area contributed by atoms with Crippen molar-refractivity contribution >= 4 is 39.3 Å². The number of aryl methyl sites for hydroxylation is 2. The molecule has 3 aromatic heterocycles. The largest absolute Gasteiger partial charge is 0.419 e. The Morgan fingerprint density at radius 1 is 1.25 bits per heavy atom. The first kappa shape index (κ1) is 20.4. The number of hydrogen-bond donors (Lipinski definition) is 1. The molecule has 5 rings (SSSR count). The summed E-state index contributed by atoms with van der Waals surface area (Å²) in [6.45, 7) is 2.99. The molecule has 0 radical (unpaired) electrons. The number of pyridine rings is 1. The van der Waals surface area contributed by atoms with E-state index in [2.05, 4.69) is 10.3 Å². The first-order valence-electron chi connectivity index (χ1n) is 10.6. The molecular weight excluding hydrogens is 426 g/mol. The van der Waals surface area contributed by atoms with E-state index in [4.69, 9.17) is 9.40 Å². The molecule has 1 amide bonds. The summed E-state index contributed by atoms with van der Waals surface area (Å²) in [4.78, 5) is 37.4. The second-order valence-corrected chi connectivity index (χ2v) is 9.07. The average Bonchev–Trinajstić information content (AvgIpc) is 3.51. The molecule has 4 heterocycles. The van der Waals surface area contributed by atoms with Gasteiger partial charge in [0.2, 0.25) is 5.91 Å². The maximum absolute atomic E-state index is 13.1. The van der Waals surface area contributed by atoms with Crippen LogP contribution in [0.5, 0.6) is 0 Å². The molecule has 1 atom stereocenters. The second kappa shape index (κ2) is 8.58. The van der Waals surface area contributed by atoms with Gasteiger partial charge in [0.1, 0.15) is 5.82 Å². The monoisotopic (exact) mass is 449 g/mol. The lowest BCUT2D eigenvalue weighted by atomic mass is 10.1. The summed E-state index contributed by atoms with van der Waals surface area (Å²) >= 11 is 1.57. The van der Waals surface area contributed by atoms with Gasteiger partial charge in [0, 0.05) is 30.6 Å². The van der Waals surface area contributed by atoms with E-state index in [1.807, 2.05) is 54.4 Å². The lowest BCUT2D eigenvalue weighted by Crippen LogP contribution is -2.32. The summed E-state index contributed by atoms with van der Waals surface area (Å²) in [5, 5.41) is 4.04. The van der Waals surface area contributed by atoms with Crippen molar-refractivity contribution in [2.24, 2.45) is 0 Å². The first-order chi connectivity index (χ1) is 15.6. The zero-order valence-corrected chi connectivity index (χ0v) is 18.5. The maximum Gasteiger partial charge on any atom is 0.419 e. The highest BCUT2D eigenvalue weighted by Gasteiger charge is 2.31. The number of benzene rings is 1. The van der Waals surface area contributed by atoms with Gasteiger partial charge in [-0.2, -0.15) is 0 Å². The number of rotatable bonds is 6. The van der Waals surface area contributed by atoms with E-state index in [0.29, 0.717) is 23.5 Å². The lowest BCUT2D eigenvalue weighted by molar-refractivity contribution is -0.132. The molecule has 4 aromatic rings. The Hall–Kier alpha value is -3.46. The van der Waals surface area contributed by atoms with Crippen LogP contribution in [0.4, 0.5) is 10.9 Å². The van der Waals surface area contributed by atoms with E-state index in [1.165, 1.54) is 4.57 Å². The lowest BCUT2D eigenvalue weighted by Gasteiger charge is -2.24. The smallest absolute Gasteiger partial charge is 0.408 e. The van der Waals surface area contributed by atoms with Gasteiger partial charge in [-0.05, 0) is 44.0 Å². The SMILES string of the molecule is Cc1cnc(Nc2cccc([C@H]3CCCN3C(=O)CCn3c(=O)oc4ccccc43)n2)s1. The summed E-state index contributed by atoms with van der Waals surface area (Å²) in [7, 11) is 0. The van der Waals surface area contributed by atoms with Crippen LogP contribution in [-0.2, 0) is 11.3 Å². The van der Waals surface area contributed by atoms with Gasteiger partial charge in [0.25, 0.3) is 0 Å². The van der Waals surface area contributed by atoms with Crippen molar-refractivity contribution in [3.8, 4) is 0 Å². The number of carbonyl (C=O) groups excluding carboxylic acids is 1. The van der Waals surface area contributed by atoms with Gasteiger partial charge in [-0.25, -0.2) is 14.8 Å². The van der Waals surface area contributed by atoms with E-state index in [0.717, 1.165) is 28.5 Å². The van der Waals surface area contributed by atoms with Crippen LogP contribution in [0.15, 0.2) is 57.9 Å². The van der Waals surface area contributed by atoms with Gasteiger partial charge in [0.15, 0.2) is 10.7 Å². The minimum atomic E-state index is -0.435. The molecule has 32 heavy (non-hydrogen) atoms. The van der Waals surface area contributed by atoms with Crippen LogP contribution in [0.25, 0.3) is 11.1 Å². The van der Waals surface area contributed by atoms with E-state index < -0.39 is 5.76 Å². The van der Waals surface area contributed by atoms with E-state index in [9.17, 15) is 9.59 Å². The highest BCUT2D eigenvalue weighted by molar-refractivity contribution is 7.15. The average molecular weight is 450 g/mol. The van der Waals surface area contributed by atoms with Crippen molar-refractivity contribution in [2.45, 2.75) is 38.8 Å². The van der Waals surface area contributed by atoms with Crippen LogP contribution in [0.1, 0.15) is 35.9 Å². The quantitative estimate of drug-likeness (QED) is 0.473. The molecule has 0 aliphatic carbocycles. The molecule has 164 valence electrons. The number of para-hydroxylation sites is 2. The Morgan fingerprint density at radius 3 is 2.97 bits per heavy atom. The molecule has 1 fully saturated rings. The van der Waals surface area contributed by atoms with E-state index >= 15 is 0 Å². The number of aromatic nitrogens is 3. The number of nitrogens with zero attached hydrogens (tertiary/aromatic N) is 4. The van der Waals surface area contributed by atoms with Gasteiger partial charge < -0.3 is 14.6 Å². The van der Waals surface area contributed by atoms with Crippen LogP contribution in [0, 0.1) is 6.92 Å². The van der Waals surface area contributed by atoms with Gasteiger partial charge in [-0.3, -0.25) is 9.36 Å². The minimum Gasteiger partial charge on any atom is -0.408 e. The number of amides is 1. The number of anilines is 2. The number of nitrogens with one attached hydrogen (secondary N) is 1. The van der Waals surface area contributed by atoms with E-state index in [-0.39, 0.29) is 24.9 Å².